The zero-order chi connectivity index (χ0) is 16.1. The highest BCUT2D eigenvalue weighted by Crippen LogP contribution is 2.16. The number of ether oxygens (including phenoxy) is 1. The lowest BCUT2D eigenvalue weighted by atomic mass is 10.1. The van der Waals surface area contributed by atoms with Gasteiger partial charge in [-0.2, -0.15) is 13.9 Å². The molecule has 0 spiro atoms. The van der Waals surface area contributed by atoms with Crippen LogP contribution in [-0.2, 0) is 6.54 Å². The average Bonchev–Trinajstić information content (AvgIpc) is 2.86. The lowest BCUT2D eigenvalue weighted by molar-refractivity contribution is -0.0498. The van der Waals surface area contributed by atoms with Crippen LogP contribution in [0.4, 0.5) is 8.78 Å². The van der Waals surface area contributed by atoms with Crippen molar-refractivity contribution in [3.63, 3.8) is 0 Å². The Kier molecular flexibility index (Phi) is 5.04. The van der Waals surface area contributed by atoms with E-state index < -0.39 is 6.61 Å². The number of rotatable bonds is 6. The Morgan fingerprint density at radius 2 is 2.05 bits per heavy atom. The first kappa shape index (κ1) is 15.9. The maximum absolute atomic E-state index is 12.1. The number of hydrogen-bond donors (Lipinski definition) is 0. The second-order valence-corrected chi connectivity index (χ2v) is 4.60. The van der Waals surface area contributed by atoms with Crippen LogP contribution in [0.15, 0.2) is 36.5 Å². The predicted molar refractivity (Wildman–Crippen MR) is 79.1 cm³/mol. The van der Waals surface area contributed by atoms with E-state index in [2.05, 4.69) is 9.84 Å². The monoisotopic (exact) mass is 306 g/mol. The number of alkyl halides is 2. The van der Waals surface area contributed by atoms with Gasteiger partial charge < -0.3 is 4.74 Å². The van der Waals surface area contributed by atoms with Gasteiger partial charge in [-0.3, -0.25) is 9.48 Å². The molecule has 2 aromatic rings. The van der Waals surface area contributed by atoms with Crippen molar-refractivity contribution in [1.29, 1.82) is 0 Å². The fourth-order valence-electron chi connectivity index (χ4n) is 2.03. The highest BCUT2D eigenvalue weighted by atomic mass is 19.3. The molecule has 6 heteroatoms. The number of aryl methyl sites for hydroxylation is 1. The smallest absolute Gasteiger partial charge is 0.387 e. The van der Waals surface area contributed by atoms with Crippen LogP contribution in [0.5, 0.6) is 5.75 Å². The molecule has 0 radical (unpaired) electrons. The SMILES string of the molecule is CCn1ncc(C(=O)C=Cc2ccc(OC(F)F)cc2)c1C. The van der Waals surface area contributed by atoms with Crippen molar-refractivity contribution < 1.29 is 18.3 Å². The normalized spacial score (nSPS) is 11.3. The topological polar surface area (TPSA) is 44.1 Å². The Bertz CT molecular complexity index is 676. The molecule has 0 aliphatic carbocycles. The third-order valence-electron chi connectivity index (χ3n) is 3.20. The molecular formula is C16H16F2N2O2. The first-order valence-corrected chi connectivity index (χ1v) is 6.81. The fourth-order valence-corrected chi connectivity index (χ4v) is 2.03. The highest BCUT2D eigenvalue weighted by molar-refractivity contribution is 6.07. The molecule has 0 saturated heterocycles. The average molecular weight is 306 g/mol. The maximum atomic E-state index is 12.1. The van der Waals surface area contributed by atoms with Gasteiger partial charge in [0.25, 0.3) is 0 Å². The zero-order valence-corrected chi connectivity index (χ0v) is 12.3. The van der Waals surface area contributed by atoms with Crippen LogP contribution in [0.3, 0.4) is 0 Å². The Morgan fingerprint density at radius 3 is 2.59 bits per heavy atom. The molecule has 0 N–H and O–H groups in total. The van der Waals surface area contributed by atoms with Crippen molar-refractivity contribution >= 4 is 11.9 Å². The summed E-state index contributed by atoms with van der Waals surface area (Å²) in [7, 11) is 0. The van der Waals surface area contributed by atoms with Gasteiger partial charge in [0.15, 0.2) is 5.78 Å². The molecule has 0 saturated carbocycles. The molecular weight excluding hydrogens is 290 g/mol. The maximum Gasteiger partial charge on any atom is 0.387 e. The summed E-state index contributed by atoms with van der Waals surface area (Å²) in [5.74, 6) is -0.0661. The van der Waals surface area contributed by atoms with E-state index in [4.69, 9.17) is 0 Å². The van der Waals surface area contributed by atoms with E-state index in [1.807, 2.05) is 13.8 Å². The van der Waals surface area contributed by atoms with E-state index in [0.717, 1.165) is 11.3 Å². The van der Waals surface area contributed by atoms with Crippen LogP contribution >= 0.6 is 0 Å². The van der Waals surface area contributed by atoms with Gasteiger partial charge in [-0.15, -0.1) is 0 Å². The second-order valence-electron chi connectivity index (χ2n) is 4.60. The van der Waals surface area contributed by atoms with Crippen molar-refractivity contribution in [2.75, 3.05) is 0 Å². The summed E-state index contributed by atoms with van der Waals surface area (Å²) < 4.78 is 30.1. The molecule has 1 aromatic heterocycles. The molecule has 4 nitrogen and oxygen atoms in total. The van der Waals surface area contributed by atoms with Gasteiger partial charge in [-0.25, -0.2) is 0 Å². The van der Waals surface area contributed by atoms with Crippen molar-refractivity contribution in [3.05, 3.63) is 53.4 Å². The minimum absolute atomic E-state index is 0.0820. The number of carbonyl (C=O) groups excluding carboxylic acids is 1. The van der Waals surface area contributed by atoms with Crippen LogP contribution < -0.4 is 4.74 Å². The molecule has 2 rings (SSSR count). The van der Waals surface area contributed by atoms with Crippen LogP contribution in [0, 0.1) is 6.92 Å². The fraction of sp³-hybridized carbons (Fsp3) is 0.250. The summed E-state index contributed by atoms with van der Waals surface area (Å²) >= 11 is 0. The number of nitrogens with zero attached hydrogens (tertiary/aromatic N) is 2. The Labute approximate surface area is 127 Å². The molecule has 0 amide bonds. The van der Waals surface area contributed by atoms with Crippen molar-refractivity contribution in [3.8, 4) is 5.75 Å². The Hall–Kier alpha value is -2.50. The number of hydrogen-bond acceptors (Lipinski definition) is 3. The Morgan fingerprint density at radius 1 is 1.36 bits per heavy atom. The lowest BCUT2D eigenvalue weighted by Gasteiger charge is -2.03. The minimum Gasteiger partial charge on any atom is -0.435 e. The number of aromatic nitrogens is 2. The van der Waals surface area contributed by atoms with E-state index in [-0.39, 0.29) is 11.5 Å². The molecule has 1 heterocycles. The molecule has 22 heavy (non-hydrogen) atoms. The molecule has 0 bridgehead atoms. The summed E-state index contributed by atoms with van der Waals surface area (Å²) in [5, 5.41) is 4.12. The largest absolute Gasteiger partial charge is 0.435 e. The molecule has 0 aliphatic rings. The standard InChI is InChI=1S/C16H16F2N2O2/c1-3-20-11(2)14(10-19-20)15(21)9-6-12-4-7-13(8-5-12)22-16(17)18/h4-10,16H,3H2,1-2H3. The van der Waals surface area contributed by atoms with Gasteiger partial charge in [0, 0.05) is 12.2 Å². The number of benzene rings is 1. The van der Waals surface area contributed by atoms with Gasteiger partial charge in [0.1, 0.15) is 5.75 Å². The summed E-state index contributed by atoms with van der Waals surface area (Å²) in [5.41, 5.74) is 2.09. The molecule has 0 aliphatic heterocycles. The van der Waals surface area contributed by atoms with Gasteiger partial charge in [0.05, 0.1) is 11.8 Å². The summed E-state index contributed by atoms with van der Waals surface area (Å²) in [6, 6.07) is 6.06. The predicted octanol–water partition coefficient (Wildman–Crippen LogP) is 3.71. The quantitative estimate of drug-likeness (QED) is 0.603. The van der Waals surface area contributed by atoms with E-state index in [0.29, 0.717) is 12.1 Å². The minimum atomic E-state index is -2.85. The third-order valence-corrected chi connectivity index (χ3v) is 3.20. The summed E-state index contributed by atoms with van der Waals surface area (Å²) in [6.07, 6.45) is 4.61. The van der Waals surface area contributed by atoms with Gasteiger partial charge >= 0.3 is 6.61 Å². The van der Waals surface area contributed by atoms with Gasteiger partial charge in [-0.05, 0) is 37.6 Å². The van der Waals surface area contributed by atoms with E-state index in [1.165, 1.54) is 18.2 Å². The van der Waals surface area contributed by atoms with Crippen LogP contribution in [0.2, 0.25) is 0 Å². The van der Waals surface area contributed by atoms with Crippen molar-refractivity contribution in [2.45, 2.75) is 27.0 Å². The number of ketones is 1. The van der Waals surface area contributed by atoms with Gasteiger partial charge in [0.2, 0.25) is 0 Å². The van der Waals surface area contributed by atoms with Crippen molar-refractivity contribution in [1.82, 2.24) is 9.78 Å². The first-order chi connectivity index (χ1) is 10.5. The summed E-state index contributed by atoms with van der Waals surface area (Å²) in [4.78, 5) is 12.1. The number of carbonyl (C=O) groups is 1. The summed E-state index contributed by atoms with van der Waals surface area (Å²) in [6.45, 7) is 1.65. The molecule has 0 atom stereocenters. The van der Waals surface area contributed by atoms with E-state index >= 15 is 0 Å². The van der Waals surface area contributed by atoms with E-state index in [9.17, 15) is 13.6 Å². The zero-order valence-electron chi connectivity index (χ0n) is 12.3. The van der Waals surface area contributed by atoms with Crippen LogP contribution in [-0.4, -0.2) is 22.2 Å². The van der Waals surface area contributed by atoms with Crippen LogP contribution in [0.25, 0.3) is 6.08 Å². The first-order valence-electron chi connectivity index (χ1n) is 6.81. The molecule has 0 unspecified atom stereocenters. The van der Waals surface area contributed by atoms with Gasteiger partial charge in [-0.1, -0.05) is 18.2 Å². The molecule has 1 aromatic carbocycles. The Balaban J connectivity index is 2.07. The second kappa shape index (κ2) is 6.98. The lowest BCUT2D eigenvalue weighted by Crippen LogP contribution is -2.02. The highest BCUT2D eigenvalue weighted by Gasteiger charge is 2.10. The third kappa shape index (κ3) is 3.78. The molecule has 116 valence electrons. The number of allylic oxidation sites excluding steroid dienone is 1. The molecule has 0 fully saturated rings. The number of halogens is 2. The van der Waals surface area contributed by atoms with Crippen LogP contribution in [0.1, 0.15) is 28.5 Å². The van der Waals surface area contributed by atoms with E-state index in [1.54, 1.807) is 29.1 Å². The van der Waals surface area contributed by atoms with Crippen molar-refractivity contribution in [2.24, 2.45) is 0 Å².